The van der Waals surface area contributed by atoms with Crippen LogP contribution in [-0.2, 0) is 12.8 Å². The van der Waals surface area contributed by atoms with Gasteiger partial charge in [-0.05, 0) is 37.8 Å². The van der Waals surface area contributed by atoms with Gasteiger partial charge in [0.1, 0.15) is 0 Å². The Morgan fingerprint density at radius 3 is 2.61 bits per heavy atom. The number of nitrogens with one attached hydrogen (secondary N) is 1. The van der Waals surface area contributed by atoms with Gasteiger partial charge in [0.25, 0.3) is 5.56 Å². The van der Waals surface area contributed by atoms with Crippen LogP contribution < -0.4 is 15.4 Å². The van der Waals surface area contributed by atoms with Gasteiger partial charge in [-0.1, -0.05) is 0 Å². The summed E-state index contributed by atoms with van der Waals surface area (Å²) in [6.07, 6.45) is 7.73. The molecular formula is C17H21N5O. The predicted molar refractivity (Wildman–Crippen MR) is 90.2 cm³/mol. The maximum Gasteiger partial charge on any atom is 0.255 e. The van der Waals surface area contributed by atoms with Gasteiger partial charge in [0, 0.05) is 37.9 Å². The van der Waals surface area contributed by atoms with Crippen LogP contribution in [0, 0.1) is 0 Å². The van der Waals surface area contributed by atoms with Gasteiger partial charge < -0.3 is 9.80 Å². The quantitative estimate of drug-likeness (QED) is 0.907. The molecule has 1 fully saturated rings. The number of aromatic nitrogens is 3. The standard InChI is InChI=1S/C17H21N5O/c23-16-14-5-1-2-6-15(14)19-17(20-16)22-10-8-21(9-11-22)13-4-3-7-18-12-13/h3-4,7,12H,1-2,5-6,8-11H2,(H,19,20,23). The van der Waals surface area contributed by atoms with Crippen LogP contribution in [-0.4, -0.2) is 41.1 Å². The van der Waals surface area contributed by atoms with Crippen molar-refractivity contribution < 1.29 is 0 Å². The van der Waals surface area contributed by atoms with Crippen LogP contribution in [0.25, 0.3) is 0 Å². The molecule has 0 atom stereocenters. The summed E-state index contributed by atoms with van der Waals surface area (Å²) >= 11 is 0. The van der Waals surface area contributed by atoms with E-state index in [1.54, 1.807) is 6.20 Å². The number of hydrogen-bond acceptors (Lipinski definition) is 5. The lowest BCUT2D eigenvalue weighted by molar-refractivity contribution is 0.620. The number of H-pyrrole nitrogens is 1. The van der Waals surface area contributed by atoms with Crippen LogP contribution in [0.1, 0.15) is 24.1 Å². The van der Waals surface area contributed by atoms with Crippen LogP contribution in [0.5, 0.6) is 0 Å². The molecule has 120 valence electrons. The molecule has 2 aromatic rings. The molecule has 0 unspecified atom stereocenters. The van der Waals surface area contributed by atoms with E-state index in [-0.39, 0.29) is 5.56 Å². The van der Waals surface area contributed by atoms with Crippen LogP contribution in [0.3, 0.4) is 0 Å². The van der Waals surface area contributed by atoms with Crippen molar-refractivity contribution in [2.45, 2.75) is 25.7 Å². The van der Waals surface area contributed by atoms with Crippen LogP contribution in [0.2, 0.25) is 0 Å². The van der Waals surface area contributed by atoms with Gasteiger partial charge in [0.05, 0.1) is 17.6 Å². The smallest absolute Gasteiger partial charge is 0.255 e. The number of rotatable bonds is 2. The van der Waals surface area contributed by atoms with Crippen molar-refractivity contribution >= 4 is 11.6 Å². The maximum absolute atomic E-state index is 12.3. The number of hydrogen-bond donors (Lipinski definition) is 1. The van der Waals surface area contributed by atoms with Crippen LogP contribution in [0.15, 0.2) is 29.3 Å². The summed E-state index contributed by atoms with van der Waals surface area (Å²) in [5, 5.41) is 0. The fourth-order valence-corrected chi connectivity index (χ4v) is 3.46. The zero-order chi connectivity index (χ0) is 15.6. The van der Waals surface area contributed by atoms with Crippen molar-refractivity contribution in [2.75, 3.05) is 36.0 Å². The largest absolute Gasteiger partial charge is 0.367 e. The summed E-state index contributed by atoms with van der Waals surface area (Å²) in [5.41, 5.74) is 3.11. The zero-order valence-electron chi connectivity index (χ0n) is 13.2. The van der Waals surface area contributed by atoms with Gasteiger partial charge in [0.2, 0.25) is 5.95 Å². The van der Waals surface area contributed by atoms with Gasteiger partial charge in [-0.2, -0.15) is 0 Å². The van der Waals surface area contributed by atoms with E-state index < -0.39 is 0 Å². The zero-order valence-corrected chi connectivity index (χ0v) is 13.2. The van der Waals surface area contributed by atoms with Crippen LogP contribution >= 0.6 is 0 Å². The Morgan fingerprint density at radius 1 is 1.04 bits per heavy atom. The number of pyridine rings is 1. The van der Waals surface area contributed by atoms with Gasteiger partial charge in [-0.15, -0.1) is 0 Å². The third-order valence-electron chi connectivity index (χ3n) is 4.77. The highest BCUT2D eigenvalue weighted by atomic mass is 16.1. The van der Waals surface area contributed by atoms with Crippen molar-refractivity contribution in [3.05, 3.63) is 46.1 Å². The second-order valence-corrected chi connectivity index (χ2v) is 6.21. The van der Waals surface area contributed by atoms with E-state index in [2.05, 4.69) is 25.8 Å². The minimum Gasteiger partial charge on any atom is -0.367 e. The van der Waals surface area contributed by atoms with Gasteiger partial charge in [0.15, 0.2) is 0 Å². The van der Waals surface area contributed by atoms with Crippen LogP contribution in [0.4, 0.5) is 11.6 Å². The Balaban J connectivity index is 1.50. The van der Waals surface area contributed by atoms with Crippen molar-refractivity contribution in [1.29, 1.82) is 0 Å². The van der Waals surface area contributed by atoms with Crippen molar-refractivity contribution in [1.82, 2.24) is 15.0 Å². The van der Waals surface area contributed by atoms with Gasteiger partial charge in [-0.25, -0.2) is 4.98 Å². The highest BCUT2D eigenvalue weighted by molar-refractivity contribution is 5.46. The monoisotopic (exact) mass is 311 g/mol. The third-order valence-corrected chi connectivity index (χ3v) is 4.77. The van der Waals surface area contributed by atoms with Crippen molar-refractivity contribution in [2.24, 2.45) is 0 Å². The SMILES string of the molecule is O=c1[nH]c(N2CCN(c3cccnc3)CC2)nc2c1CCCC2. The molecule has 4 rings (SSSR count). The summed E-state index contributed by atoms with van der Waals surface area (Å²) in [7, 11) is 0. The fourth-order valence-electron chi connectivity index (χ4n) is 3.46. The molecule has 2 aliphatic rings. The summed E-state index contributed by atoms with van der Waals surface area (Å²) in [6, 6.07) is 4.05. The minimum absolute atomic E-state index is 0.0550. The first-order valence-electron chi connectivity index (χ1n) is 8.33. The first kappa shape index (κ1) is 14.2. The Bertz CT molecular complexity index is 734. The average molecular weight is 311 g/mol. The van der Waals surface area contributed by atoms with Crippen molar-refractivity contribution in [3.8, 4) is 0 Å². The number of fused-ring (bicyclic) bond motifs is 1. The number of aromatic amines is 1. The second kappa shape index (κ2) is 6.02. The molecule has 2 aromatic heterocycles. The third kappa shape index (κ3) is 2.81. The maximum atomic E-state index is 12.3. The molecule has 0 spiro atoms. The Morgan fingerprint density at radius 2 is 1.83 bits per heavy atom. The molecule has 0 radical (unpaired) electrons. The van der Waals surface area contributed by atoms with E-state index in [1.165, 1.54) is 0 Å². The molecule has 23 heavy (non-hydrogen) atoms. The summed E-state index contributed by atoms with van der Waals surface area (Å²) in [4.78, 5) is 28.7. The predicted octanol–water partition coefficient (Wildman–Crippen LogP) is 1.37. The highest BCUT2D eigenvalue weighted by Gasteiger charge is 2.22. The molecule has 0 bridgehead atoms. The Labute approximate surface area is 135 Å². The summed E-state index contributed by atoms with van der Waals surface area (Å²) in [6.45, 7) is 3.53. The van der Waals surface area contributed by atoms with Crippen molar-refractivity contribution in [3.63, 3.8) is 0 Å². The number of nitrogens with zero attached hydrogens (tertiary/aromatic N) is 4. The normalized spacial score (nSPS) is 17.9. The lowest BCUT2D eigenvalue weighted by Crippen LogP contribution is -2.47. The molecule has 0 saturated carbocycles. The minimum atomic E-state index is 0.0550. The second-order valence-electron chi connectivity index (χ2n) is 6.21. The lowest BCUT2D eigenvalue weighted by atomic mass is 9.97. The number of anilines is 2. The average Bonchev–Trinajstić information content (AvgIpc) is 2.63. The number of aryl methyl sites for hydroxylation is 1. The molecular weight excluding hydrogens is 290 g/mol. The topological polar surface area (TPSA) is 65.1 Å². The van der Waals surface area contributed by atoms with E-state index in [1.807, 2.05) is 12.3 Å². The Kier molecular flexibility index (Phi) is 3.73. The molecule has 1 aliphatic carbocycles. The van der Waals surface area contributed by atoms with E-state index in [0.29, 0.717) is 0 Å². The first-order valence-corrected chi connectivity index (χ1v) is 8.33. The van der Waals surface area contributed by atoms with Gasteiger partial charge >= 0.3 is 0 Å². The molecule has 6 heteroatoms. The van der Waals surface area contributed by atoms with E-state index >= 15 is 0 Å². The molecule has 0 amide bonds. The lowest BCUT2D eigenvalue weighted by Gasteiger charge is -2.36. The molecule has 6 nitrogen and oxygen atoms in total. The van der Waals surface area contributed by atoms with E-state index in [0.717, 1.165) is 74.8 Å². The highest BCUT2D eigenvalue weighted by Crippen LogP contribution is 2.20. The first-order chi connectivity index (χ1) is 11.3. The summed E-state index contributed by atoms with van der Waals surface area (Å²) < 4.78 is 0. The van der Waals surface area contributed by atoms with Gasteiger partial charge in [-0.3, -0.25) is 14.8 Å². The summed E-state index contributed by atoms with van der Waals surface area (Å²) in [5.74, 6) is 0.737. The number of piperazine rings is 1. The molecule has 0 aromatic carbocycles. The van der Waals surface area contributed by atoms with E-state index in [9.17, 15) is 4.79 Å². The molecule has 1 N–H and O–H groups in total. The molecule has 3 heterocycles. The Hall–Kier alpha value is -2.37. The van der Waals surface area contributed by atoms with E-state index in [4.69, 9.17) is 4.98 Å². The fraction of sp³-hybridized carbons (Fsp3) is 0.471. The molecule has 1 saturated heterocycles. The molecule has 1 aliphatic heterocycles.